The molecule has 0 bridgehead atoms. The number of nitrogens with one attached hydrogen (secondary N) is 2. The number of ether oxygens (including phenoxy) is 3. The number of nitrogens with zero attached hydrogens (tertiary/aromatic N) is 1. The van der Waals surface area contributed by atoms with Crippen LogP contribution in [0.5, 0.6) is 23.0 Å². The number of pyridine rings is 1. The van der Waals surface area contributed by atoms with Crippen LogP contribution in [-0.2, 0) is 14.4 Å². The van der Waals surface area contributed by atoms with Crippen LogP contribution in [0.4, 0.5) is 15.8 Å². The number of hydrogen-bond donors (Lipinski definition) is 4. The lowest BCUT2D eigenvalue weighted by Crippen LogP contribution is -2.35. The van der Waals surface area contributed by atoms with E-state index in [1.54, 1.807) is 42.5 Å². The third-order valence-electron chi connectivity index (χ3n) is 6.89. The third-order valence-corrected chi connectivity index (χ3v) is 7.13. The van der Waals surface area contributed by atoms with Crippen LogP contribution in [0.15, 0.2) is 66.9 Å². The minimum absolute atomic E-state index is 0. The Morgan fingerprint density at radius 1 is 0.955 bits per heavy atom. The molecule has 0 unspecified atom stereocenters. The summed E-state index contributed by atoms with van der Waals surface area (Å²) < 4.78 is 32.1. The van der Waals surface area contributed by atoms with E-state index in [9.17, 15) is 14.4 Å². The number of aliphatic carboxylic acids is 1. The Balaban J connectivity index is 0.00000442. The van der Waals surface area contributed by atoms with E-state index in [2.05, 4.69) is 15.6 Å². The van der Waals surface area contributed by atoms with Crippen LogP contribution in [0.1, 0.15) is 25.7 Å². The van der Waals surface area contributed by atoms with Gasteiger partial charge in [-0.2, -0.15) is 0 Å². The van der Waals surface area contributed by atoms with Gasteiger partial charge in [-0.25, -0.2) is 4.39 Å². The van der Waals surface area contributed by atoms with Gasteiger partial charge in [-0.05, 0) is 61.7 Å². The predicted molar refractivity (Wildman–Crippen MR) is 163 cm³/mol. The van der Waals surface area contributed by atoms with Gasteiger partial charge in [0.1, 0.15) is 11.2 Å². The average Bonchev–Trinajstić information content (AvgIpc) is 3.79. The molecule has 1 aliphatic rings. The zero-order valence-corrected chi connectivity index (χ0v) is 24.4. The second-order valence-electron chi connectivity index (χ2n) is 9.92. The molecule has 1 saturated carbocycles. The van der Waals surface area contributed by atoms with Gasteiger partial charge in [0, 0.05) is 46.5 Å². The number of aromatic nitrogens is 1. The van der Waals surface area contributed by atoms with Crippen molar-refractivity contribution in [1.29, 1.82) is 0 Å². The zero-order valence-electron chi connectivity index (χ0n) is 23.7. The molecule has 0 atom stereocenters. The summed E-state index contributed by atoms with van der Waals surface area (Å²) >= 11 is 5.98. The van der Waals surface area contributed by atoms with Gasteiger partial charge in [0.2, 0.25) is 11.8 Å². The Labute approximate surface area is 256 Å². The molecule has 230 valence electrons. The number of anilines is 2. The number of carbonyl (C=O) groups excluding carboxylic acids is 2. The number of carboxylic acid groups (broad SMARTS) is 1. The van der Waals surface area contributed by atoms with Gasteiger partial charge in [-0.15, -0.1) is 0 Å². The number of fused-ring (bicyclic) bond motifs is 1. The molecule has 3 aromatic carbocycles. The van der Waals surface area contributed by atoms with Crippen LogP contribution in [0.25, 0.3) is 10.9 Å². The van der Waals surface area contributed by atoms with E-state index in [-0.39, 0.29) is 30.6 Å². The normalized spacial score (nSPS) is 12.9. The van der Waals surface area contributed by atoms with E-state index >= 15 is 4.39 Å². The highest BCUT2D eigenvalue weighted by molar-refractivity contribution is 6.31. The Kier molecular flexibility index (Phi) is 9.87. The summed E-state index contributed by atoms with van der Waals surface area (Å²) in [5, 5.41) is 15.2. The molecule has 0 spiro atoms. The number of halogens is 2. The minimum atomic E-state index is -1.25. The first kappa shape index (κ1) is 32.0. The molecule has 1 heterocycles. The zero-order chi connectivity index (χ0) is 30.6. The van der Waals surface area contributed by atoms with Crippen LogP contribution in [0.2, 0.25) is 5.02 Å². The fourth-order valence-corrected chi connectivity index (χ4v) is 4.62. The van der Waals surface area contributed by atoms with E-state index < -0.39 is 29.0 Å². The van der Waals surface area contributed by atoms with Crippen molar-refractivity contribution in [3.8, 4) is 23.0 Å². The molecule has 4 aromatic rings. The Morgan fingerprint density at radius 2 is 1.68 bits per heavy atom. The largest absolute Gasteiger partial charge is 0.493 e. The maximum atomic E-state index is 15.2. The van der Waals surface area contributed by atoms with Crippen molar-refractivity contribution in [2.24, 2.45) is 5.41 Å². The van der Waals surface area contributed by atoms with Gasteiger partial charge in [-0.3, -0.25) is 19.4 Å². The van der Waals surface area contributed by atoms with Gasteiger partial charge < -0.3 is 36.1 Å². The molecule has 1 aromatic heterocycles. The second kappa shape index (κ2) is 13.6. The SMILES string of the molecule is COc1cc2c(Oc3ccc(NC(=O)C4(C(=O)Nc5cccc(Cl)c5)CC4)cc3F)ccnc2cc1OCCCC(=O)O.N. The number of carbonyl (C=O) groups is 3. The molecule has 0 aliphatic heterocycles. The average molecular weight is 625 g/mol. The first-order valence-corrected chi connectivity index (χ1v) is 13.7. The summed E-state index contributed by atoms with van der Waals surface area (Å²) in [6, 6.07) is 15.4. The first-order valence-electron chi connectivity index (χ1n) is 13.4. The second-order valence-corrected chi connectivity index (χ2v) is 10.4. The van der Waals surface area contributed by atoms with Crippen molar-refractivity contribution in [3.63, 3.8) is 0 Å². The number of rotatable bonds is 12. The highest BCUT2D eigenvalue weighted by Crippen LogP contribution is 2.48. The summed E-state index contributed by atoms with van der Waals surface area (Å²) in [5.74, 6) is -1.69. The van der Waals surface area contributed by atoms with Gasteiger partial charge in [0.15, 0.2) is 23.1 Å². The molecule has 2 amide bonds. The van der Waals surface area contributed by atoms with Crippen LogP contribution < -0.4 is 31.0 Å². The molecule has 1 aliphatic carbocycles. The highest BCUT2D eigenvalue weighted by Gasteiger charge is 2.56. The summed E-state index contributed by atoms with van der Waals surface area (Å²) in [7, 11) is 1.46. The van der Waals surface area contributed by atoms with Crippen molar-refractivity contribution in [3.05, 3.63) is 77.7 Å². The molecule has 5 rings (SSSR count). The molecule has 0 saturated heterocycles. The Hall–Kier alpha value is -4.94. The van der Waals surface area contributed by atoms with Crippen LogP contribution in [-0.4, -0.2) is 41.6 Å². The van der Waals surface area contributed by atoms with Gasteiger partial charge in [0.05, 0.1) is 19.2 Å². The maximum absolute atomic E-state index is 15.2. The summed E-state index contributed by atoms with van der Waals surface area (Å²) in [4.78, 5) is 41.0. The van der Waals surface area contributed by atoms with Crippen molar-refractivity contribution in [2.45, 2.75) is 25.7 Å². The van der Waals surface area contributed by atoms with E-state index in [1.165, 1.54) is 25.4 Å². The summed E-state index contributed by atoms with van der Waals surface area (Å²) in [6.45, 7) is 0.173. The minimum Gasteiger partial charge on any atom is -0.493 e. The van der Waals surface area contributed by atoms with Crippen molar-refractivity contribution in [1.82, 2.24) is 11.1 Å². The van der Waals surface area contributed by atoms with E-state index in [1.807, 2.05) is 0 Å². The quantitative estimate of drug-likeness (QED) is 0.100. The lowest BCUT2D eigenvalue weighted by molar-refractivity contribution is -0.137. The number of amides is 2. The molecular weight excluding hydrogens is 595 g/mol. The highest BCUT2D eigenvalue weighted by atomic mass is 35.5. The van der Waals surface area contributed by atoms with E-state index in [0.29, 0.717) is 58.1 Å². The number of hydrogen-bond acceptors (Lipinski definition) is 8. The molecule has 44 heavy (non-hydrogen) atoms. The van der Waals surface area contributed by atoms with Gasteiger partial charge in [-0.1, -0.05) is 17.7 Å². The van der Waals surface area contributed by atoms with Crippen molar-refractivity contribution < 1.29 is 38.1 Å². The molecule has 13 heteroatoms. The van der Waals surface area contributed by atoms with Gasteiger partial charge >= 0.3 is 5.97 Å². The summed E-state index contributed by atoms with van der Waals surface area (Å²) in [6.07, 6.45) is 2.51. The first-order chi connectivity index (χ1) is 20.7. The van der Waals surface area contributed by atoms with Crippen LogP contribution in [0, 0.1) is 11.2 Å². The fourth-order valence-electron chi connectivity index (χ4n) is 4.43. The fraction of sp³-hybridized carbons (Fsp3) is 0.226. The Bertz CT molecular complexity index is 1710. The van der Waals surface area contributed by atoms with Gasteiger partial charge in [0.25, 0.3) is 0 Å². The number of carboxylic acids is 1. The van der Waals surface area contributed by atoms with Crippen molar-refractivity contribution in [2.75, 3.05) is 24.4 Å². The molecular formula is C31H30ClFN4O7. The standard InChI is InChI=1S/C31H27ClFN3O7.H3N/c1-41-26-16-21-23(17-27(26)42-13-3-6-28(37)38)34-12-9-24(21)43-25-8-7-20(15-22(25)33)36-30(40)31(10-11-31)29(39)35-19-5-2-4-18(32)14-19;/h2,4-5,7-9,12,14-17H,3,6,10-11,13H2,1H3,(H,35,39)(H,36,40)(H,37,38);1H3. The predicted octanol–water partition coefficient (Wildman–Crippen LogP) is 6.59. The molecule has 6 N–H and O–H groups in total. The Morgan fingerprint density at radius 3 is 2.32 bits per heavy atom. The van der Waals surface area contributed by atoms with E-state index in [4.69, 9.17) is 30.9 Å². The third kappa shape index (κ3) is 7.16. The van der Waals surface area contributed by atoms with Crippen LogP contribution in [0.3, 0.4) is 0 Å². The lowest BCUT2D eigenvalue weighted by Gasteiger charge is -2.16. The monoisotopic (exact) mass is 624 g/mol. The number of benzene rings is 3. The smallest absolute Gasteiger partial charge is 0.303 e. The van der Waals surface area contributed by atoms with Crippen LogP contribution >= 0.6 is 11.6 Å². The lowest BCUT2D eigenvalue weighted by atomic mass is 10.0. The topological polar surface area (TPSA) is 171 Å². The molecule has 11 nitrogen and oxygen atoms in total. The maximum Gasteiger partial charge on any atom is 0.303 e. The number of methoxy groups -OCH3 is 1. The molecule has 0 radical (unpaired) electrons. The van der Waals surface area contributed by atoms with Crippen molar-refractivity contribution >= 4 is 51.7 Å². The van der Waals surface area contributed by atoms with E-state index in [0.717, 1.165) is 6.07 Å². The molecule has 1 fully saturated rings. The summed E-state index contributed by atoms with van der Waals surface area (Å²) in [5.41, 5.74) is -0.115.